The fourth-order valence-corrected chi connectivity index (χ4v) is 4.22. The molecule has 166 valence electrons. The molecule has 1 fully saturated rings. The second kappa shape index (κ2) is 8.98. The lowest BCUT2D eigenvalue weighted by molar-refractivity contribution is 0.317. The summed E-state index contributed by atoms with van der Waals surface area (Å²) >= 11 is 0. The highest BCUT2D eigenvalue weighted by atomic mass is 16.4. The largest absolute Gasteiger partial charge is 0.420 e. The van der Waals surface area contributed by atoms with Crippen LogP contribution in [-0.2, 0) is 0 Å². The molecule has 33 heavy (non-hydrogen) atoms. The molecule has 6 heteroatoms. The van der Waals surface area contributed by atoms with Crippen molar-refractivity contribution in [2.45, 2.75) is 44.9 Å². The second-order valence-corrected chi connectivity index (χ2v) is 8.69. The molecule has 1 aliphatic rings. The highest BCUT2D eigenvalue weighted by molar-refractivity contribution is 6.01. The molecule has 1 aliphatic carbocycles. The fourth-order valence-electron chi connectivity index (χ4n) is 4.22. The molecule has 0 spiro atoms. The van der Waals surface area contributed by atoms with E-state index in [1.807, 2.05) is 43.3 Å². The zero-order chi connectivity index (χ0) is 22.8. The van der Waals surface area contributed by atoms with Crippen LogP contribution in [0.5, 0.6) is 0 Å². The predicted octanol–water partition coefficient (Wildman–Crippen LogP) is 6.03. The summed E-state index contributed by atoms with van der Waals surface area (Å²) in [7, 11) is 0. The molecule has 0 amide bonds. The maximum atomic E-state index is 9.87. The number of aromatic nitrogens is 3. The van der Waals surface area contributed by atoms with Crippen LogP contribution in [0.15, 0.2) is 76.4 Å². The van der Waals surface area contributed by atoms with Gasteiger partial charge < -0.3 is 9.62 Å². The van der Waals surface area contributed by atoms with Crippen molar-refractivity contribution in [2.24, 2.45) is 5.16 Å². The normalized spacial score (nSPS) is 14.9. The first-order valence-corrected chi connectivity index (χ1v) is 11.3. The summed E-state index contributed by atoms with van der Waals surface area (Å²) < 4.78 is 5.87. The van der Waals surface area contributed by atoms with Crippen LogP contribution in [-0.4, -0.2) is 26.1 Å². The first-order valence-electron chi connectivity index (χ1n) is 11.3. The quantitative estimate of drug-likeness (QED) is 0.216. The molecule has 1 N–H and O–H groups in total. The summed E-state index contributed by atoms with van der Waals surface area (Å²) in [6.45, 7) is 4.04. The van der Waals surface area contributed by atoms with Gasteiger partial charge in [0.1, 0.15) is 0 Å². The van der Waals surface area contributed by atoms with E-state index in [1.54, 1.807) is 6.20 Å². The first-order chi connectivity index (χ1) is 16.1. The number of aryl methyl sites for hydroxylation is 2. The van der Waals surface area contributed by atoms with Gasteiger partial charge in [0, 0.05) is 41.3 Å². The number of hydrogen-bond donors (Lipinski definition) is 1. The summed E-state index contributed by atoms with van der Waals surface area (Å²) in [6, 6.07) is 20.4. The van der Waals surface area contributed by atoms with Crippen LogP contribution in [0.4, 0.5) is 0 Å². The molecule has 0 radical (unpaired) electrons. The van der Waals surface area contributed by atoms with Gasteiger partial charge in [-0.05, 0) is 67.6 Å². The van der Waals surface area contributed by atoms with Crippen LogP contribution in [0.25, 0.3) is 11.5 Å². The molecule has 1 atom stereocenters. The molecule has 2 heterocycles. The number of rotatable bonds is 7. The van der Waals surface area contributed by atoms with E-state index in [9.17, 15) is 5.21 Å². The van der Waals surface area contributed by atoms with Crippen molar-refractivity contribution in [1.29, 1.82) is 0 Å². The Bertz CT molecular complexity index is 1290. The summed E-state index contributed by atoms with van der Waals surface area (Å²) in [4.78, 5) is 4.26. The van der Waals surface area contributed by atoms with E-state index in [1.165, 1.54) is 11.1 Å². The third-order valence-electron chi connectivity index (χ3n) is 6.24. The van der Waals surface area contributed by atoms with Gasteiger partial charge in [-0.3, -0.25) is 4.98 Å². The number of pyridine rings is 1. The third-order valence-corrected chi connectivity index (χ3v) is 6.24. The van der Waals surface area contributed by atoms with Crippen LogP contribution >= 0.6 is 0 Å². The molecule has 0 bridgehead atoms. The van der Waals surface area contributed by atoms with E-state index in [4.69, 9.17) is 4.42 Å². The van der Waals surface area contributed by atoms with Gasteiger partial charge in [-0.15, -0.1) is 10.2 Å². The van der Waals surface area contributed by atoms with Gasteiger partial charge in [0.25, 0.3) is 0 Å². The van der Waals surface area contributed by atoms with Crippen LogP contribution in [0, 0.1) is 13.8 Å². The Hall–Kier alpha value is -3.80. The molecular weight excluding hydrogens is 412 g/mol. The molecular formula is C27H26N4O2. The standard InChI is InChI=1S/C27H26N4O2/c1-17-5-3-4-6-23(17)24(16-25(31-32)22-13-14-28-18(2)15-22)19-7-9-20(10-8-19)26-29-30-27(33-26)21-11-12-21/h3-10,13-15,21,24,32H,11-12,16H2,1-2H3/b31-25-/t24-/m1/s1. The summed E-state index contributed by atoms with van der Waals surface area (Å²) in [5.41, 5.74) is 6.81. The van der Waals surface area contributed by atoms with E-state index in [-0.39, 0.29) is 5.92 Å². The minimum absolute atomic E-state index is 0.0179. The van der Waals surface area contributed by atoms with E-state index in [0.29, 0.717) is 23.9 Å². The zero-order valence-corrected chi connectivity index (χ0v) is 18.8. The molecule has 0 aliphatic heterocycles. The Labute approximate surface area is 193 Å². The number of nitrogens with zero attached hydrogens (tertiary/aromatic N) is 4. The molecule has 2 aromatic carbocycles. The minimum atomic E-state index is 0.0179. The lowest BCUT2D eigenvalue weighted by atomic mass is 9.83. The van der Waals surface area contributed by atoms with Crippen LogP contribution < -0.4 is 0 Å². The summed E-state index contributed by atoms with van der Waals surface area (Å²) in [6.07, 6.45) is 4.55. The van der Waals surface area contributed by atoms with E-state index in [0.717, 1.165) is 41.1 Å². The van der Waals surface area contributed by atoms with Crippen molar-refractivity contribution in [1.82, 2.24) is 15.2 Å². The van der Waals surface area contributed by atoms with Gasteiger partial charge in [-0.2, -0.15) is 0 Å². The van der Waals surface area contributed by atoms with E-state index >= 15 is 0 Å². The topological polar surface area (TPSA) is 84.4 Å². The van der Waals surface area contributed by atoms with Crippen LogP contribution in [0.2, 0.25) is 0 Å². The highest BCUT2D eigenvalue weighted by Gasteiger charge is 2.29. The monoisotopic (exact) mass is 438 g/mol. The maximum absolute atomic E-state index is 9.87. The van der Waals surface area contributed by atoms with Gasteiger partial charge in [0.15, 0.2) is 0 Å². The van der Waals surface area contributed by atoms with Gasteiger partial charge in [-0.25, -0.2) is 0 Å². The highest BCUT2D eigenvalue weighted by Crippen LogP contribution is 2.40. The minimum Gasteiger partial charge on any atom is -0.420 e. The Kier molecular flexibility index (Phi) is 5.73. The van der Waals surface area contributed by atoms with Gasteiger partial charge in [0.05, 0.1) is 5.71 Å². The van der Waals surface area contributed by atoms with Crippen molar-refractivity contribution in [3.63, 3.8) is 0 Å². The van der Waals surface area contributed by atoms with Crippen LogP contribution in [0.3, 0.4) is 0 Å². The van der Waals surface area contributed by atoms with Crippen LogP contribution in [0.1, 0.15) is 64.9 Å². The van der Waals surface area contributed by atoms with E-state index in [2.05, 4.69) is 51.5 Å². The lowest BCUT2D eigenvalue weighted by Gasteiger charge is -2.21. The molecule has 0 saturated heterocycles. The molecule has 6 nitrogen and oxygen atoms in total. The maximum Gasteiger partial charge on any atom is 0.247 e. The molecule has 1 saturated carbocycles. The SMILES string of the molecule is Cc1cc(/C(C[C@H](c2ccc(-c3nnc(C4CC4)o3)cc2)c2ccccc2C)=N\O)ccn1. The number of hydrogen-bond acceptors (Lipinski definition) is 6. The van der Waals surface area contributed by atoms with Crippen molar-refractivity contribution in [3.8, 4) is 11.5 Å². The van der Waals surface area contributed by atoms with E-state index < -0.39 is 0 Å². The smallest absolute Gasteiger partial charge is 0.247 e. The summed E-state index contributed by atoms with van der Waals surface area (Å²) in [5, 5.41) is 22.0. The van der Waals surface area contributed by atoms with Gasteiger partial charge >= 0.3 is 0 Å². The van der Waals surface area contributed by atoms with Crippen molar-refractivity contribution >= 4 is 5.71 Å². The Morgan fingerprint density at radius 3 is 2.55 bits per heavy atom. The van der Waals surface area contributed by atoms with Crippen molar-refractivity contribution in [2.75, 3.05) is 0 Å². The van der Waals surface area contributed by atoms with Gasteiger partial charge in [0.2, 0.25) is 11.8 Å². The molecule has 5 rings (SSSR count). The lowest BCUT2D eigenvalue weighted by Crippen LogP contribution is -2.12. The summed E-state index contributed by atoms with van der Waals surface area (Å²) in [5.74, 6) is 1.75. The molecule has 2 aromatic heterocycles. The third kappa shape index (κ3) is 4.55. The predicted molar refractivity (Wildman–Crippen MR) is 127 cm³/mol. The molecule has 4 aromatic rings. The second-order valence-electron chi connectivity index (χ2n) is 8.69. The average Bonchev–Trinajstić information content (AvgIpc) is 3.57. The Morgan fingerprint density at radius 2 is 1.85 bits per heavy atom. The first kappa shape index (κ1) is 21.1. The van der Waals surface area contributed by atoms with Gasteiger partial charge in [-0.1, -0.05) is 41.6 Å². The molecule has 0 unspecified atom stereocenters. The number of oxime groups is 1. The zero-order valence-electron chi connectivity index (χ0n) is 18.8. The number of benzene rings is 2. The Balaban J connectivity index is 1.48. The van der Waals surface area contributed by atoms with Crippen molar-refractivity contribution in [3.05, 3.63) is 101 Å². The fraction of sp³-hybridized carbons (Fsp3) is 0.259. The average molecular weight is 439 g/mol. The van der Waals surface area contributed by atoms with Crippen molar-refractivity contribution < 1.29 is 9.62 Å². The Morgan fingerprint density at radius 1 is 1.06 bits per heavy atom.